The number of ether oxygens (including phenoxy) is 1. The Bertz CT molecular complexity index is 1110. The minimum Gasteiger partial charge on any atom is -0.486 e. The van der Waals surface area contributed by atoms with Crippen molar-refractivity contribution in [2.75, 3.05) is 0 Å². The van der Waals surface area contributed by atoms with Crippen LogP contribution in [0.5, 0.6) is 5.75 Å². The molecule has 0 aliphatic rings. The first-order chi connectivity index (χ1) is 14.7. The first kappa shape index (κ1) is 20.5. The number of hydrogen-bond acceptors (Lipinski definition) is 4. The zero-order valence-corrected chi connectivity index (χ0v) is 18.5. The zero-order chi connectivity index (χ0) is 20.9. The van der Waals surface area contributed by atoms with Crippen LogP contribution in [0.4, 0.5) is 0 Å². The molecule has 0 aliphatic heterocycles. The quantitative estimate of drug-likeness (QED) is 0.309. The van der Waals surface area contributed by atoms with Crippen LogP contribution >= 0.6 is 11.8 Å². The normalized spacial score (nSPS) is 11.3. The molecule has 0 saturated carbocycles. The van der Waals surface area contributed by atoms with Crippen molar-refractivity contribution in [3.63, 3.8) is 0 Å². The van der Waals surface area contributed by atoms with E-state index in [1.807, 2.05) is 12.1 Å². The number of nitrogens with zero attached hydrogens (tertiary/aromatic N) is 3. The number of rotatable bonds is 8. The molecule has 30 heavy (non-hydrogen) atoms. The lowest BCUT2D eigenvalue weighted by Crippen LogP contribution is -2.07. The number of hydrogen-bond donors (Lipinski definition) is 0. The molecule has 0 spiro atoms. The fraction of sp³-hybridized carbons (Fsp3) is 0.280. The first-order valence-corrected chi connectivity index (χ1v) is 11.4. The van der Waals surface area contributed by atoms with Crippen molar-refractivity contribution in [2.45, 2.75) is 50.8 Å². The molecule has 5 heteroatoms. The largest absolute Gasteiger partial charge is 0.486 e. The second-order valence-electron chi connectivity index (χ2n) is 7.58. The summed E-state index contributed by atoms with van der Waals surface area (Å²) in [5, 5.41) is 12.3. The zero-order valence-electron chi connectivity index (χ0n) is 17.7. The monoisotopic (exact) mass is 417 g/mol. The minimum absolute atomic E-state index is 0.413. The predicted octanol–water partition coefficient (Wildman–Crippen LogP) is 6.45. The van der Waals surface area contributed by atoms with Gasteiger partial charge >= 0.3 is 0 Å². The van der Waals surface area contributed by atoms with Gasteiger partial charge in [0.25, 0.3) is 0 Å². The van der Waals surface area contributed by atoms with Gasteiger partial charge in [0.1, 0.15) is 12.4 Å². The third-order valence-corrected chi connectivity index (χ3v) is 6.28. The molecule has 154 valence electrons. The van der Waals surface area contributed by atoms with Crippen molar-refractivity contribution >= 4 is 22.5 Å². The van der Waals surface area contributed by atoms with Crippen LogP contribution in [0.2, 0.25) is 0 Å². The van der Waals surface area contributed by atoms with Crippen molar-refractivity contribution in [2.24, 2.45) is 0 Å². The summed E-state index contributed by atoms with van der Waals surface area (Å²) in [6, 6.07) is 23.3. The molecule has 4 nitrogen and oxygen atoms in total. The molecular weight excluding hydrogens is 390 g/mol. The minimum atomic E-state index is 0.413. The van der Waals surface area contributed by atoms with E-state index in [1.54, 1.807) is 11.8 Å². The second-order valence-corrected chi connectivity index (χ2v) is 8.52. The van der Waals surface area contributed by atoms with Crippen LogP contribution in [-0.2, 0) is 18.9 Å². The molecule has 0 N–H and O–H groups in total. The first-order valence-electron chi connectivity index (χ1n) is 10.4. The fourth-order valence-electron chi connectivity index (χ4n) is 3.51. The summed E-state index contributed by atoms with van der Waals surface area (Å²) in [5.74, 6) is 3.08. The Labute approximate surface area is 182 Å². The number of benzene rings is 3. The van der Waals surface area contributed by atoms with Crippen LogP contribution in [0.3, 0.4) is 0 Å². The molecule has 0 atom stereocenters. The molecule has 4 rings (SSSR count). The Kier molecular flexibility index (Phi) is 6.38. The van der Waals surface area contributed by atoms with Crippen LogP contribution in [0.1, 0.15) is 43.6 Å². The maximum atomic E-state index is 5.97. The smallest absolute Gasteiger partial charge is 0.191 e. The van der Waals surface area contributed by atoms with Crippen LogP contribution in [0.15, 0.2) is 71.9 Å². The van der Waals surface area contributed by atoms with Gasteiger partial charge < -0.3 is 9.30 Å². The Morgan fingerprint density at radius 3 is 2.47 bits per heavy atom. The highest BCUT2D eigenvalue weighted by molar-refractivity contribution is 7.98. The molecule has 3 aromatic carbocycles. The summed E-state index contributed by atoms with van der Waals surface area (Å²) in [5.41, 5.74) is 2.62. The lowest BCUT2D eigenvalue weighted by Gasteiger charge is -2.10. The summed E-state index contributed by atoms with van der Waals surface area (Å²) in [7, 11) is 0. The van der Waals surface area contributed by atoms with E-state index >= 15 is 0 Å². The van der Waals surface area contributed by atoms with Gasteiger partial charge in [-0.2, -0.15) is 0 Å². The van der Waals surface area contributed by atoms with E-state index in [2.05, 4.69) is 90.1 Å². The summed E-state index contributed by atoms with van der Waals surface area (Å²) < 4.78 is 8.11. The van der Waals surface area contributed by atoms with Gasteiger partial charge in [0.15, 0.2) is 11.0 Å². The highest BCUT2D eigenvalue weighted by atomic mass is 32.2. The molecule has 0 saturated heterocycles. The topological polar surface area (TPSA) is 39.9 Å². The fourth-order valence-corrected chi connectivity index (χ4v) is 4.53. The summed E-state index contributed by atoms with van der Waals surface area (Å²) in [4.78, 5) is 0. The van der Waals surface area contributed by atoms with Crippen LogP contribution in [0, 0.1) is 0 Å². The van der Waals surface area contributed by atoms with E-state index in [1.165, 1.54) is 21.9 Å². The van der Waals surface area contributed by atoms with E-state index in [0.717, 1.165) is 29.0 Å². The molecule has 4 aromatic rings. The van der Waals surface area contributed by atoms with Crippen molar-refractivity contribution in [1.29, 1.82) is 0 Å². The molecule has 0 aliphatic carbocycles. The summed E-state index contributed by atoms with van der Waals surface area (Å²) in [6.45, 7) is 7.73. The molecule has 1 heterocycles. The third kappa shape index (κ3) is 4.51. The van der Waals surface area contributed by atoms with Crippen molar-refractivity contribution in [3.8, 4) is 5.75 Å². The predicted molar refractivity (Wildman–Crippen MR) is 124 cm³/mol. The molecule has 1 aromatic heterocycles. The molecule has 0 unspecified atom stereocenters. The van der Waals surface area contributed by atoms with E-state index in [9.17, 15) is 0 Å². The number of fused-ring (bicyclic) bond motifs is 1. The van der Waals surface area contributed by atoms with E-state index < -0.39 is 0 Å². The van der Waals surface area contributed by atoms with Crippen molar-refractivity contribution in [1.82, 2.24) is 14.8 Å². The molecule has 0 fully saturated rings. The van der Waals surface area contributed by atoms with Gasteiger partial charge in [-0.1, -0.05) is 80.2 Å². The highest BCUT2D eigenvalue weighted by Crippen LogP contribution is 2.27. The van der Waals surface area contributed by atoms with Gasteiger partial charge in [-0.25, -0.2) is 0 Å². The average Bonchev–Trinajstić information content (AvgIpc) is 3.18. The summed E-state index contributed by atoms with van der Waals surface area (Å²) in [6.07, 6.45) is 0. The van der Waals surface area contributed by atoms with Gasteiger partial charge in [0.05, 0.1) is 0 Å². The van der Waals surface area contributed by atoms with Gasteiger partial charge in [-0.3, -0.25) is 0 Å². The molecular formula is C25H27N3OS. The van der Waals surface area contributed by atoms with Crippen molar-refractivity contribution < 1.29 is 4.74 Å². The highest BCUT2D eigenvalue weighted by Gasteiger charge is 2.13. The lowest BCUT2D eigenvalue weighted by atomic mass is 10.0. The van der Waals surface area contributed by atoms with Gasteiger partial charge in [-0.15, -0.1) is 10.2 Å². The van der Waals surface area contributed by atoms with E-state index in [4.69, 9.17) is 4.74 Å². The van der Waals surface area contributed by atoms with Crippen LogP contribution in [-0.4, -0.2) is 14.8 Å². The Morgan fingerprint density at radius 2 is 1.70 bits per heavy atom. The number of thioether (sulfide) groups is 1. The van der Waals surface area contributed by atoms with E-state index in [-0.39, 0.29) is 0 Å². The lowest BCUT2D eigenvalue weighted by molar-refractivity contribution is 0.288. The number of aromatic nitrogens is 3. The van der Waals surface area contributed by atoms with Gasteiger partial charge in [0.2, 0.25) is 0 Å². The third-order valence-electron chi connectivity index (χ3n) is 5.26. The second kappa shape index (κ2) is 9.35. The SMILES string of the molecule is CCn1c(COc2ccc(C(C)C)cc2)nnc1SCc1cccc2ccccc12. The Morgan fingerprint density at radius 1 is 0.933 bits per heavy atom. The maximum absolute atomic E-state index is 5.97. The molecule has 0 bridgehead atoms. The van der Waals surface area contributed by atoms with Crippen LogP contribution < -0.4 is 4.74 Å². The summed E-state index contributed by atoms with van der Waals surface area (Å²) >= 11 is 1.72. The Balaban J connectivity index is 1.44. The Hall–Kier alpha value is -2.79. The maximum Gasteiger partial charge on any atom is 0.191 e. The average molecular weight is 418 g/mol. The van der Waals surface area contributed by atoms with E-state index in [0.29, 0.717) is 12.5 Å². The van der Waals surface area contributed by atoms with Crippen LogP contribution in [0.25, 0.3) is 10.8 Å². The molecule has 0 radical (unpaired) electrons. The van der Waals surface area contributed by atoms with Crippen molar-refractivity contribution in [3.05, 3.63) is 83.7 Å². The van der Waals surface area contributed by atoms with Gasteiger partial charge in [-0.05, 0) is 46.9 Å². The van der Waals surface area contributed by atoms with Gasteiger partial charge in [0, 0.05) is 12.3 Å². The molecule has 0 amide bonds. The standard InChI is InChI=1S/C25H27N3OS/c1-4-28-24(16-29-22-14-12-19(13-15-22)18(2)3)26-27-25(28)30-17-21-10-7-9-20-8-5-6-11-23(20)21/h5-15,18H,4,16-17H2,1-3H3.